The number of nitrogens with one attached hydrogen (secondary N) is 8. The van der Waals surface area contributed by atoms with E-state index in [2.05, 4.69) is 140 Å². The number of pyridine rings is 4. The van der Waals surface area contributed by atoms with Crippen LogP contribution >= 0.6 is 0 Å². The first kappa shape index (κ1) is 75.2. The van der Waals surface area contributed by atoms with Gasteiger partial charge in [0.05, 0.1) is 82.4 Å². The van der Waals surface area contributed by atoms with Gasteiger partial charge in [-0.1, -0.05) is 110 Å². The molecule has 0 saturated heterocycles. The minimum Gasteiger partial charge on any atom is -0.360 e. The van der Waals surface area contributed by atoms with Gasteiger partial charge in [-0.15, -0.1) is 0 Å². The fourth-order valence-corrected chi connectivity index (χ4v) is 15.7. The Morgan fingerprint density at radius 3 is 1.05 bits per heavy atom. The second-order valence-corrected chi connectivity index (χ2v) is 29.8. The number of halogens is 1. The predicted molar refractivity (Wildman–Crippen MR) is 455 cm³/mol. The average molecular weight is 1560 g/mol. The third-order valence-electron chi connectivity index (χ3n) is 21.8. The summed E-state index contributed by atoms with van der Waals surface area (Å²) in [6.45, 7) is 18.0. The van der Waals surface area contributed by atoms with Crippen LogP contribution in [0, 0.1) is 40.4 Å². The van der Waals surface area contributed by atoms with Gasteiger partial charge >= 0.3 is 0 Å². The number of imidazole rings is 4. The van der Waals surface area contributed by atoms with Gasteiger partial charge in [-0.3, -0.25) is 28.3 Å². The number of nitrogens with zero attached hydrogens (tertiary/aromatic N) is 16. The molecule has 0 radical (unpaired) electrons. The number of hydrogen-bond acceptors (Lipinski definition) is 20. The number of para-hydroxylation sites is 2. The summed E-state index contributed by atoms with van der Waals surface area (Å²) in [5.74, 6) is 2.11. The molecule has 29 heteroatoms. The Kier molecular flexibility index (Phi) is 20.2. The van der Waals surface area contributed by atoms with E-state index < -0.39 is 5.82 Å². The van der Waals surface area contributed by atoms with Gasteiger partial charge in [-0.25, -0.2) is 64.2 Å². The molecule has 2 unspecified atom stereocenters. The van der Waals surface area contributed by atoms with Crippen LogP contribution in [0.15, 0.2) is 215 Å². The van der Waals surface area contributed by atoms with Gasteiger partial charge in [-0.05, 0) is 179 Å². The smallest absolute Gasteiger partial charge is 0.263 e. The van der Waals surface area contributed by atoms with E-state index in [1.54, 1.807) is 43.5 Å². The van der Waals surface area contributed by atoms with Gasteiger partial charge in [0.15, 0.2) is 45.9 Å². The molecule has 2 aliphatic carbocycles. The van der Waals surface area contributed by atoms with Crippen LogP contribution in [0.25, 0.3) is 99.1 Å². The van der Waals surface area contributed by atoms with Crippen molar-refractivity contribution < 1.29 is 4.39 Å². The molecule has 0 amide bonds. The summed E-state index contributed by atoms with van der Waals surface area (Å²) >= 11 is 0. The van der Waals surface area contributed by atoms with Crippen LogP contribution in [-0.2, 0) is 0 Å². The number of rotatable bonds is 17. The van der Waals surface area contributed by atoms with Crippen LogP contribution < -0.4 is 43.5 Å². The van der Waals surface area contributed by atoms with Crippen LogP contribution in [-0.4, -0.2) is 98.0 Å². The quantitative estimate of drug-likeness (QED) is 0.0420. The molecule has 8 N–H and O–H groups in total. The van der Waals surface area contributed by atoms with E-state index >= 15 is 0 Å². The van der Waals surface area contributed by atoms with Crippen molar-refractivity contribution in [2.75, 3.05) is 21.3 Å². The molecule has 12 heterocycles. The topological polar surface area (TPSA) is 354 Å². The Hall–Kier alpha value is -14.5. The number of hydrogen-bond donors (Lipinski definition) is 8. The SMILES string of the molecule is CCC(Nc1ncnc2nc[nH]c12)c1cc2cccc(C)c2c(=O)n1-c1ccccc1C.Cc1cccc2cc(C(C)Nc3ncnc4nc[nH]c34)n(-c3ccccc3F)c(=O)c12.Cc1cccc2cc([C@@H](C)Nc3ncnc4nc[nH]c34)n(C3CC3)c(=O)c12.Cc1cccc2cc([C@H](C)Nc3ncnc4nc[nH]c34)n(C3CC3)c(=O)c12. The Bertz CT molecular complexity index is 6920. The second kappa shape index (κ2) is 31.5. The van der Waals surface area contributed by atoms with Gasteiger partial charge < -0.3 is 50.3 Å². The van der Waals surface area contributed by atoms with E-state index in [4.69, 9.17) is 0 Å². The molecule has 6 aromatic carbocycles. The Morgan fingerprint density at radius 2 is 0.684 bits per heavy atom. The second-order valence-electron chi connectivity index (χ2n) is 29.8. The third-order valence-corrected chi connectivity index (χ3v) is 21.8. The predicted octanol–water partition coefficient (Wildman–Crippen LogP) is 16.1. The highest BCUT2D eigenvalue weighted by atomic mass is 19.1. The first-order chi connectivity index (χ1) is 56.9. The molecule has 2 aliphatic rings. The minimum absolute atomic E-state index is 0.0143. The van der Waals surface area contributed by atoms with Crippen molar-refractivity contribution in [3.63, 3.8) is 0 Å². The first-order valence-corrected chi connectivity index (χ1v) is 38.9. The molecule has 2 saturated carbocycles. The van der Waals surface area contributed by atoms with Crippen LogP contribution in [0.4, 0.5) is 27.7 Å². The number of aromatic amines is 4. The molecule has 586 valence electrons. The van der Waals surface area contributed by atoms with Gasteiger partial charge in [0, 0.05) is 34.9 Å². The monoisotopic (exact) mass is 1560 g/mol. The summed E-state index contributed by atoms with van der Waals surface area (Å²) in [5.41, 5.74) is 14.7. The van der Waals surface area contributed by atoms with Crippen molar-refractivity contribution in [3.8, 4) is 11.4 Å². The van der Waals surface area contributed by atoms with Crippen molar-refractivity contribution in [1.82, 2.24) is 98.0 Å². The molecule has 28 nitrogen and oxygen atoms in total. The lowest BCUT2D eigenvalue weighted by atomic mass is 10.0. The molecule has 0 aliphatic heterocycles. The lowest BCUT2D eigenvalue weighted by Crippen LogP contribution is -2.27. The summed E-state index contributed by atoms with van der Waals surface area (Å²) in [7, 11) is 0. The summed E-state index contributed by atoms with van der Waals surface area (Å²) in [6, 6.07) is 46.1. The van der Waals surface area contributed by atoms with Crippen LogP contribution in [0.5, 0.6) is 0 Å². The van der Waals surface area contributed by atoms with Crippen molar-refractivity contribution >= 4 is 111 Å². The molecule has 18 aromatic rings. The van der Waals surface area contributed by atoms with E-state index in [-0.39, 0.29) is 52.1 Å². The summed E-state index contributed by atoms with van der Waals surface area (Å²) in [4.78, 5) is 117. The highest BCUT2D eigenvalue weighted by Gasteiger charge is 2.32. The highest BCUT2D eigenvalue weighted by molar-refractivity contribution is 5.90. The van der Waals surface area contributed by atoms with E-state index in [9.17, 15) is 23.6 Å². The zero-order valence-corrected chi connectivity index (χ0v) is 65.6. The number of aryl methyl sites for hydroxylation is 5. The maximum absolute atomic E-state index is 14.8. The fourth-order valence-electron chi connectivity index (χ4n) is 15.7. The highest BCUT2D eigenvalue weighted by Crippen LogP contribution is 2.40. The summed E-state index contributed by atoms with van der Waals surface area (Å²) in [5, 5.41) is 20.4. The molecule has 2 fully saturated rings. The summed E-state index contributed by atoms with van der Waals surface area (Å²) in [6.07, 6.45) is 17.2. The van der Waals surface area contributed by atoms with Crippen molar-refractivity contribution in [3.05, 3.63) is 294 Å². The lowest BCUT2D eigenvalue weighted by molar-refractivity contribution is 0.611. The number of aromatic nitrogens is 20. The van der Waals surface area contributed by atoms with E-state index in [1.807, 2.05) is 158 Å². The molecular formula is C88H83FN24O4. The van der Waals surface area contributed by atoms with Gasteiger partial charge in [0.1, 0.15) is 53.2 Å². The fraction of sp³-hybridized carbons (Fsp3) is 0.227. The number of fused-ring (bicyclic) bond motifs is 8. The average Bonchev–Trinajstić information content (AvgIpc) is 1.38. The Labute approximate surface area is 667 Å². The molecule has 4 atom stereocenters. The molecule has 20 rings (SSSR count). The van der Waals surface area contributed by atoms with Gasteiger partial charge in [0.2, 0.25) is 0 Å². The Balaban J connectivity index is 0.000000112. The number of H-pyrrole nitrogens is 4. The van der Waals surface area contributed by atoms with Crippen molar-refractivity contribution in [1.29, 1.82) is 0 Å². The molecule has 117 heavy (non-hydrogen) atoms. The van der Waals surface area contributed by atoms with Crippen LogP contribution in [0.1, 0.15) is 147 Å². The third kappa shape index (κ3) is 14.5. The molecule has 0 bridgehead atoms. The lowest BCUT2D eigenvalue weighted by Gasteiger charge is -2.24. The standard InChI is InChI=1S/C25H24N6O.C23H19FN6O.2C20H20N6O/c1-4-18(30-24-22-23(27-13-26-22)28-14-29-24)20-12-17-10-7-9-16(3)21(17)25(32)31(20)19-11-6-5-8-15(19)2;1-13-6-5-7-15-10-18(14(2)29-22-20-21(26-11-25-20)27-12-28-22)30(23(31)19(13)15)17-9-4-3-8-16(17)24;2*1-11-4-3-5-13-8-15(26(14-6-7-14)20(27)16(11)13)12(2)25-19-17-18(22-9-21-17)23-10-24-19/h5-14,18H,4H2,1-3H3,(H2,26,27,28,29,30);3-12,14H,1-2H3,(H2,25,26,27,28,29);2*3-5,8-10,12,14H,6-7H2,1-2H3,(H2,21,22,23,24,25)/t;;2*12-/m..10/s1. The molecular weight excluding hydrogens is 1480 g/mol. The Morgan fingerprint density at radius 1 is 0.368 bits per heavy atom. The maximum Gasteiger partial charge on any atom is 0.263 e. The van der Waals surface area contributed by atoms with Gasteiger partial charge in [-0.2, -0.15) is 0 Å². The van der Waals surface area contributed by atoms with Crippen LogP contribution in [0.2, 0.25) is 0 Å². The summed E-state index contributed by atoms with van der Waals surface area (Å²) < 4.78 is 22.0. The van der Waals surface area contributed by atoms with Gasteiger partial charge in [0.25, 0.3) is 22.2 Å². The number of benzene rings is 6. The van der Waals surface area contributed by atoms with E-state index in [1.165, 1.54) is 35.9 Å². The van der Waals surface area contributed by atoms with Crippen LogP contribution in [0.3, 0.4) is 0 Å². The molecule has 12 aromatic heterocycles. The zero-order valence-electron chi connectivity index (χ0n) is 65.6. The number of anilines is 4. The first-order valence-electron chi connectivity index (χ1n) is 38.9. The van der Waals surface area contributed by atoms with Crippen molar-refractivity contribution in [2.45, 2.75) is 131 Å². The zero-order chi connectivity index (χ0) is 80.9. The maximum atomic E-state index is 14.8. The largest absolute Gasteiger partial charge is 0.360 e. The van der Waals surface area contributed by atoms with E-state index in [0.717, 1.165) is 137 Å². The van der Waals surface area contributed by atoms with Crippen molar-refractivity contribution in [2.24, 2.45) is 0 Å². The minimum atomic E-state index is -0.469. The normalized spacial score (nSPS) is 13.7. The van der Waals surface area contributed by atoms with E-state index in [0.29, 0.717) is 74.5 Å². The molecule has 0 spiro atoms.